The van der Waals surface area contributed by atoms with Gasteiger partial charge in [-0.15, -0.1) is 0 Å². The maximum atomic E-state index is 10.8. The van der Waals surface area contributed by atoms with Gasteiger partial charge in [-0.1, -0.05) is 90.6 Å². The van der Waals surface area contributed by atoms with Crippen LogP contribution in [0.4, 0.5) is 0 Å². The molecule has 0 aromatic heterocycles. The quantitative estimate of drug-likeness (QED) is 0.190. The van der Waals surface area contributed by atoms with Crippen molar-refractivity contribution in [3.05, 3.63) is 12.7 Å². The normalized spacial score (nSPS) is 12.1. The number of unbranched alkanes of at least 4 members (excludes halogenated alkanes) is 11. The number of aliphatic hydroxyl groups is 1. The summed E-state index contributed by atoms with van der Waals surface area (Å²) < 4.78 is 4.94. The highest BCUT2D eigenvalue weighted by atomic mass is 16.5. The SMILES string of the molecule is C=CC(=O)OCCCCCCCCCCCC(O)CCCCCC. The zero-order valence-electron chi connectivity index (χ0n) is 15.9. The van der Waals surface area contributed by atoms with Crippen LogP contribution in [0.1, 0.15) is 103 Å². The summed E-state index contributed by atoms with van der Waals surface area (Å²) in [4.78, 5) is 10.8. The lowest BCUT2D eigenvalue weighted by Gasteiger charge is -2.10. The number of ether oxygens (including phenoxy) is 1. The predicted molar refractivity (Wildman–Crippen MR) is 102 cm³/mol. The van der Waals surface area contributed by atoms with Crippen molar-refractivity contribution in [1.82, 2.24) is 0 Å². The Kier molecular flexibility index (Phi) is 17.9. The molecule has 1 unspecified atom stereocenters. The van der Waals surface area contributed by atoms with Crippen molar-refractivity contribution < 1.29 is 14.6 Å². The Hall–Kier alpha value is -0.830. The summed E-state index contributed by atoms with van der Waals surface area (Å²) in [6.07, 6.45) is 19.0. The first-order valence-corrected chi connectivity index (χ1v) is 10.2. The van der Waals surface area contributed by atoms with E-state index in [-0.39, 0.29) is 12.1 Å². The first-order chi connectivity index (χ1) is 11.7. The molecule has 0 radical (unpaired) electrons. The van der Waals surface area contributed by atoms with E-state index in [0.717, 1.165) is 25.7 Å². The molecule has 0 saturated carbocycles. The summed E-state index contributed by atoms with van der Waals surface area (Å²) in [5, 5.41) is 9.91. The minimum absolute atomic E-state index is 0.0722. The lowest BCUT2D eigenvalue weighted by atomic mass is 10.0. The highest BCUT2D eigenvalue weighted by molar-refractivity contribution is 5.81. The molecular weight excluding hydrogens is 300 g/mol. The van der Waals surface area contributed by atoms with Crippen LogP contribution in [0, 0.1) is 0 Å². The molecule has 0 aliphatic rings. The second-order valence-electron chi connectivity index (χ2n) is 6.85. The lowest BCUT2D eigenvalue weighted by molar-refractivity contribution is -0.137. The Balaban J connectivity index is 3.14. The summed E-state index contributed by atoms with van der Waals surface area (Å²) in [6, 6.07) is 0. The van der Waals surface area contributed by atoms with Gasteiger partial charge >= 0.3 is 5.97 Å². The molecule has 0 spiro atoms. The first-order valence-electron chi connectivity index (χ1n) is 10.2. The second-order valence-corrected chi connectivity index (χ2v) is 6.85. The highest BCUT2D eigenvalue weighted by Crippen LogP contribution is 2.14. The van der Waals surface area contributed by atoms with E-state index in [1.807, 2.05) is 0 Å². The van der Waals surface area contributed by atoms with Crippen LogP contribution in [0.15, 0.2) is 12.7 Å². The van der Waals surface area contributed by atoms with Gasteiger partial charge in [-0.2, -0.15) is 0 Å². The molecular formula is C21H40O3. The molecule has 3 nitrogen and oxygen atoms in total. The second kappa shape index (κ2) is 18.5. The fraction of sp³-hybridized carbons (Fsp3) is 0.857. The number of hydrogen-bond donors (Lipinski definition) is 1. The molecule has 0 aliphatic carbocycles. The van der Waals surface area contributed by atoms with Gasteiger partial charge in [0.25, 0.3) is 0 Å². The fourth-order valence-corrected chi connectivity index (χ4v) is 2.90. The molecule has 0 aromatic rings. The van der Waals surface area contributed by atoms with Crippen molar-refractivity contribution in [3.8, 4) is 0 Å². The predicted octanol–water partition coefficient (Wildman–Crippen LogP) is 5.95. The lowest BCUT2D eigenvalue weighted by Crippen LogP contribution is -2.05. The van der Waals surface area contributed by atoms with Crippen LogP contribution in [0.25, 0.3) is 0 Å². The van der Waals surface area contributed by atoms with E-state index in [1.165, 1.54) is 76.7 Å². The van der Waals surface area contributed by atoms with Crippen LogP contribution in [0.2, 0.25) is 0 Å². The molecule has 142 valence electrons. The van der Waals surface area contributed by atoms with E-state index in [9.17, 15) is 9.90 Å². The largest absolute Gasteiger partial charge is 0.463 e. The van der Waals surface area contributed by atoms with Gasteiger partial charge < -0.3 is 9.84 Å². The summed E-state index contributed by atoms with van der Waals surface area (Å²) in [5.74, 6) is -0.318. The molecule has 1 N–H and O–H groups in total. The van der Waals surface area contributed by atoms with Crippen molar-refractivity contribution in [2.75, 3.05) is 6.61 Å². The van der Waals surface area contributed by atoms with E-state index >= 15 is 0 Å². The molecule has 0 saturated heterocycles. The zero-order valence-corrected chi connectivity index (χ0v) is 15.9. The molecule has 0 rings (SSSR count). The van der Waals surface area contributed by atoms with Crippen molar-refractivity contribution in [1.29, 1.82) is 0 Å². The van der Waals surface area contributed by atoms with Crippen LogP contribution >= 0.6 is 0 Å². The van der Waals surface area contributed by atoms with Gasteiger partial charge in [0, 0.05) is 6.08 Å². The average Bonchev–Trinajstić information content (AvgIpc) is 2.59. The van der Waals surface area contributed by atoms with E-state index in [4.69, 9.17) is 4.74 Å². The molecule has 0 aromatic carbocycles. The number of carbonyl (C=O) groups is 1. The van der Waals surface area contributed by atoms with E-state index < -0.39 is 0 Å². The summed E-state index contributed by atoms with van der Waals surface area (Å²) in [7, 11) is 0. The molecule has 0 fully saturated rings. The highest BCUT2D eigenvalue weighted by Gasteiger charge is 2.03. The fourth-order valence-electron chi connectivity index (χ4n) is 2.90. The van der Waals surface area contributed by atoms with Gasteiger partial charge in [0.2, 0.25) is 0 Å². The first kappa shape index (κ1) is 23.2. The van der Waals surface area contributed by atoms with Gasteiger partial charge in [0.15, 0.2) is 0 Å². The average molecular weight is 341 g/mol. The third kappa shape index (κ3) is 17.5. The molecule has 0 amide bonds. The smallest absolute Gasteiger partial charge is 0.330 e. The third-order valence-electron chi connectivity index (χ3n) is 4.48. The maximum Gasteiger partial charge on any atom is 0.330 e. The third-order valence-corrected chi connectivity index (χ3v) is 4.48. The van der Waals surface area contributed by atoms with Crippen LogP contribution in [0.5, 0.6) is 0 Å². The van der Waals surface area contributed by atoms with Gasteiger partial charge in [-0.3, -0.25) is 0 Å². The van der Waals surface area contributed by atoms with Gasteiger partial charge in [0.05, 0.1) is 12.7 Å². The van der Waals surface area contributed by atoms with E-state index in [1.54, 1.807) is 0 Å². The van der Waals surface area contributed by atoms with Crippen molar-refractivity contribution in [2.45, 2.75) is 109 Å². The maximum absolute atomic E-state index is 10.8. The summed E-state index contributed by atoms with van der Waals surface area (Å²) in [6.45, 7) is 6.11. The molecule has 0 aliphatic heterocycles. The standard InChI is InChI=1S/C21H40O3/c1-3-5-6-14-17-20(22)18-15-12-10-8-7-9-11-13-16-19-24-21(23)4-2/h4,20,22H,2-3,5-19H2,1H3. The van der Waals surface area contributed by atoms with Gasteiger partial charge in [-0.05, 0) is 19.3 Å². The molecule has 3 heteroatoms. The number of carbonyl (C=O) groups excluding carboxylic acids is 1. The van der Waals surface area contributed by atoms with Gasteiger partial charge in [-0.25, -0.2) is 4.79 Å². The Morgan fingerprint density at radius 1 is 0.875 bits per heavy atom. The molecule has 1 atom stereocenters. The van der Waals surface area contributed by atoms with Crippen molar-refractivity contribution in [3.63, 3.8) is 0 Å². The van der Waals surface area contributed by atoms with Crippen LogP contribution in [0.3, 0.4) is 0 Å². The topological polar surface area (TPSA) is 46.5 Å². The minimum Gasteiger partial charge on any atom is -0.463 e. The zero-order chi connectivity index (χ0) is 17.9. The Morgan fingerprint density at radius 2 is 1.33 bits per heavy atom. The Bertz CT molecular complexity index is 289. The van der Waals surface area contributed by atoms with Gasteiger partial charge in [0.1, 0.15) is 0 Å². The number of rotatable bonds is 18. The van der Waals surface area contributed by atoms with Crippen LogP contribution in [-0.2, 0) is 9.53 Å². The van der Waals surface area contributed by atoms with E-state index in [2.05, 4.69) is 13.5 Å². The van der Waals surface area contributed by atoms with E-state index in [0.29, 0.717) is 6.61 Å². The summed E-state index contributed by atoms with van der Waals surface area (Å²) in [5.41, 5.74) is 0. The number of esters is 1. The Labute approximate surface area is 149 Å². The van der Waals surface area contributed by atoms with Crippen LogP contribution < -0.4 is 0 Å². The number of hydrogen-bond acceptors (Lipinski definition) is 3. The van der Waals surface area contributed by atoms with Crippen molar-refractivity contribution >= 4 is 5.97 Å². The Morgan fingerprint density at radius 3 is 1.83 bits per heavy atom. The monoisotopic (exact) mass is 340 g/mol. The summed E-state index contributed by atoms with van der Waals surface area (Å²) >= 11 is 0. The molecule has 0 bridgehead atoms. The van der Waals surface area contributed by atoms with Crippen LogP contribution in [-0.4, -0.2) is 23.8 Å². The van der Waals surface area contributed by atoms with Crippen molar-refractivity contribution in [2.24, 2.45) is 0 Å². The number of aliphatic hydroxyl groups excluding tert-OH is 1. The molecule has 24 heavy (non-hydrogen) atoms. The minimum atomic E-state index is -0.318. The molecule has 0 heterocycles.